The first kappa shape index (κ1) is 17.7. The third-order valence-electron chi connectivity index (χ3n) is 3.80. The number of carbonyl (C=O) groups is 2. The Bertz CT molecular complexity index is 807. The summed E-state index contributed by atoms with van der Waals surface area (Å²) in [6, 6.07) is 13.9. The number of nitrogens with one attached hydrogen (secondary N) is 1. The second-order valence-corrected chi connectivity index (χ2v) is 5.83. The second kappa shape index (κ2) is 7.76. The number of carbonyl (C=O) groups excluding carboxylic acids is 2. The summed E-state index contributed by atoms with van der Waals surface area (Å²) in [5.41, 5.74) is 2.89. The van der Waals surface area contributed by atoms with Crippen LogP contribution in [0.2, 0.25) is 5.02 Å². The Labute approximate surface area is 146 Å². The van der Waals surface area contributed by atoms with E-state index in [1.165, 1.54) is 0 Å². The predicted octanol–water partition coefficient (Wildman–Crippen LogP) is 4.03. The Morgan fingerprint density at radius 3 is 2.46 bits per heavy atom. The van der Waals surface area contributed by atoms with E-state index in [0.29, 0.717) is 16.3 Å². The fourth-order valence-corrected chi connectivity index (χ4v) is 2.57. The molecular weight excluding hydrogens is 324 g/mol. The minimum Gasteiger partial charge on any atom is -0.319 e. The van der Waals surface area contributed by atoms with Crippen molar-refractivity contribution in [2.75, 3.05) is 5.32 Å². The molecule has 0 fully saturated rings. The molecule has 0 saturated heterocycles. The van der Waals surface area contributed by atoms with Gasteiger partial charge >= 0.3 is 0 Å². The van der Waals surface area contributed by atoms with Gasteiger partial charge in [0, 0.05) is 10.7 Å². The van der Waals surface area contributed by atoms with Crippen molar-refractivity contribution in [3.8, 4) is 6.07 Å². The highest BCUT2D eigenvalue weighted by Crippen LogP contribution is 2.23. The molecule has 0 bridgehead atoms. The van der Waals surface area contributed by atoms with Gasteiger partial charge in [0.2, 0.25) is 5.78 Å². The fourth-order valence-electron chi connectivity index (χ4n) is 2.45. The number of benzene rings is 2. The maximum absolute atomic E-state index is 12.4. The molecule has 24 heavy (non-hydrogen) atoms. The number of nitrogens with zero attached hydrogens (tertiary/aromatic N) is 1. The van der Waals surface area contributed by atoms with E-state index in [1.807, 2.05) is 38.1 Å². The number of aryl methyl sites for hydroxylation is 2. The zero-order valence-electron chi connectivity index (χ0n) is 13.5. The first-order valence-electron chi connectivity index (χ1n) is 7.56. The minimum atomic E-state index is -1.16. The maximum atomic E-state index is 12.4. The number of halogens is 1. The van der Waals surface area contributed by atoms with E-state index in [0.717, 1.165) is 17.5 Å². The summed E-state index contributed by atoms with van der Waals surface area (Å²) in [4.78, 5) is 24.7. The molecule has 5 heteroatoms. The van der Waals surface area contributed by atoms with Crippen molar-refractivity contribution < 1.29 is 9.59 Å². The number of ketones is 1. The highest BCUT2D eigenvalue weighted by atomic mass is 35.5. The van der Waals surface area contributed by atoms with Crippen LogP contribution in [-0.4, -0.2) is 11.7 Å². The monoisotopic (exact) mass is 340 g/mol. The Balaban J connectivity index is 2.24. The molecule has 0 radical (unpaired) electrons. The molecule has 2 rings (SSSR count). The summed E-state index contributed by atoms with van der Waals surface area (Å²) < 4.78 is 0. The number of Topliss-reactive ketones (excluding diaryl/α,β-unsaturated/α-hetero) is 1. The van der Waals surface area contributed by atoms with Crippen LogP contribution in [-0.2, 0) is 16.0 Å². The standard InChI is InChI=1S/C19H17ClN2O2/c1-3-13-6-4-5-12(2)17(13)22-19(24)18(23)16(11-21)14-7-9-15(20)10-8-14/h4-10,16H,3H2,1-2H3,(H,22,24)/t16-/m1/s1. The molecule has 0 spiro atoms. The second-order valence-electron chi connectivity index (χ2n) is 5.39. The zero-order valence-corrected chi connectivity index (χ0v) is 14.2. The van der Waals surface area contributed by atoms with Crippen molar-refractivity contribution in [1.29, 1.82) is 5.26 Å². The number of nitriles is 1. The third kappa shape index (κ3) is 3.81. The van der Waals surface area contributed by atoms with Gasteiger partial charge in [-0.2, -0.15) is 5.26 Å². The molecule has 0 aromatic heterocycles. The lowest BCUT2D eigenvalue weighted by Crippen LogP contribution is -2.28. The fraction of sp³-hybridized carbons (Fsp3) is 0.211. The number of hydrogen-bond acceptors (Lipinski definition) is 3. The highest BCUT2D eigenvalue weighted by Gasteiger charge is 2.27. The molecule has 0 aliphatic rings. The maximum Gasteiger partial charge on any atom is 0.293 e. The van der Waals surface area contributed by atoms with E-state index in [2.05, 4.69) is 5.32 Å². The van der Waals surface area contributed by atoms with Crippen LogP contribution in [0.5, 0.6) is 0 Å². The Morgan fingerprint density at radius 2 is 1.88 bits per heavy atom. The van der Waals surface area contributed by atoms with Gasteiger partial charge in [0.05, 0.1) is 6.07 Å². The van der Waals surface area contributed by atoms with Crippen LogP contribution in [0.1, 0.15) is 29.5 Å². The van der Waals surface area contributed by atoms with Crippen LogP contribution in [0.25, 0.3) is 0 Å². The van der Waals surface area contributed by atoms with Crippen molar-refractivity contribution >= 4 is 29.0 Å². The van der Waals surface area contributed by atoms with Gasteiger partial charge in [-0.15, -0.1) is 0 Å². The molecule has 4 nitrogen and oxygen atoms in total. The highest BCUT2D eigenvalue weighted by molar-refractivity contribution is 6.43. The van der Waals surface area contributed by atoms with Gasteiger partial charge in [-0.05, 0) is 42.2 Å². The molecule has 2 aromatic carbocycles. The molecule has 1 atom stereocenters. The van der Waals surface area contributed by atoms with Gasteiger partial charge in [-0.25, -0.2) is 0 Å². The summed E-state index contributed by atoms with van der Waals surface area (Å²) in [6.07, 6.45) is 0.727. The van der Waals surface area contributed by atoms with Crippen LogP contribution in [0.15, 0.2) is 42.5 Å². The topological polar surface area (TPSA) is 70.0 Å². The van der Waals surface area contributed by atoms with Gasteiger partial charge in [-0.1, -0.05) is 48.9 Å². The minimum absolute atomic E-state index is 0.447. The predicted molar refractivity (Wildman–Crippen MR) is 94.0 cm³/mol. The summed E-state index contributed by atoms with van der Waals surface area (Å²) in [5.74, 6) is -2.73. The Morgan fingerprint density at radius 1 is 1.21 bits per heavy atom. The van der Waals surface area contributed by atoms with E-state index >= 15 is 0 Å². The van der Waals surface area contributed by atoms with Crippen molar-refractivity contribution in [3.05, 3.63) is 64.2 Å². The summed E-state index contributed by atoms with van der Waals surface area (Å²) in [5, 5.41) is 12.5. The Hall–Kier alpha value is -2.64. The first-order valence-corrected chi connectivity index (χ1v) is 7.94. The van der Waals surface area contributed by atoms with E-state index in [9.17, 15) is 14.9 Å². The van der Waals surface area contributed by atoms with Gasteiger partial charge in [-0.3, -0.25) is 9.59 Å². The van der Waals surface area contributed by atoms with Gasteiger partial charge in [0.15, 0.2) is 0 Å². The number of para-hydroxylation sites is 1. The van der Waals surface area contributed by atoms with Crippen LogP contribution < -0.4 is 5.32 Å². The van der Waals surface area contributed by atoms with Gasteiger partial charge in [0.25, 0.3) is 5.91 Å². The van der Waals surface area contributed by atoms with Crippen LogP contribution >= 0.6 is 11.6 Å². The SMILES string of the molecule is CCc1cccc(C)c1NC(=O)C(=O)[C@H](C#N)c1ccc(Cl)cc1. The molecule has 0 unspecified atom stereocenters. The number of anilines is 1. The molecule has 0 heterocycles. The molecular formula is C19H17ClN2O2. The molecule has 1 amide bonds. The van der Waals surface area contributed by atoms with Crippen LogP contribution in [0.3, 0.4) is 0 Å². The smallest absolute Gasteiger partial charge is 0.293 e. The average molecular weight is 341 g/mol. The molecule has 122 valence electrons. The third-order valence-corrected chi connectivity index (χ3v) is 4.05. The largest absolute Gasteiger partial charge is 0.319 e. The molecule has 1 N–H and O–H groups in total. The van der Waals surface area contributed by atoms with E-state index in [-0.39, 0.29) is 0 Å². The summed E-state index contributed by atoms with van der Waals surface area (Å²) in [6.45, 7) is 3.83. The van der Waals surface area contributed by atoms with E-state index < -0.39 is 17.6 Å². The molecule has 0 aliphatic heterocycles. The number of rotatable bonds is 5. The lowest BCUT2D eigenvalue weighted by Gasteiger charge is -2.14. The van der Waals surface area contributed by atoms with Gasteiger partial charge in [0.1, 0.15) is 5.92 Å². The van der Waals surface area contributed by atoms with Crippen molar-refractivity contribution in [2.24, 2.45) is 0 Å². The first-order chi connectivity index (χ1) is 11.5. The average Bonchev–Trinajstić information content (AvgIpc) is 2.58. The Kier molecular flexibility index (Phi) is 5.73. The summed E-state index contributed by atoms with van der Waals surface area (Å²) in [7, 11) is 0. The van der Waals surface area contributed by atoms with E-state index in [4.69, 9.17) is 11.6 Å². The van der Waals surface area contributed by atoms with Crippen molar-refractivity contribution in [3.63, 3.8) is 0 Å². The van der Waals surface area contributed by atoms with Gasteiger partial charge < -0.3 is 5.32 Å². The normalized spacial score (nSPS) is 11.4. The zero-order chi connectivity index (χ0) is 17.7. The number of amides is 1. The number of hydrogen-bond donors (Lipinski definition) is 1. The molecule has 0 aliphatic carbocycles. The van der Waals surface area contributed by atoms with Crippen molar-refractivity contribution in [1.82, 2.24) is 0 Å². The van der Waals surface area contributed by atoms with Crippen LogP contribution in [0, 0.1) is 18.3 Å². The quantitative estimate of drug-likeness (QED) is 0.835. The lowest BCUT2D eigenvalue weighted by molar-refractivity contribution is -0.135. The van der Waals surface area contributed by atoms with Crippen molar-refractivity contribution in [2.45, 2.75) is 26.2 Å². The molecule has 2 aromatic rings. The lowest BCUT2D eigenvalue weighted by atomic mass is 9.95. The van der Waals surface area contributed by atoms with E-state index in [1.54, 1.807) is 24.3 Å². The molecule has 0 saturated carbocycles. The van der Waals surface area contributed by atoms with Crippen LogP contribution in [0.4, 0.5) is 5.69 Å². The summed E-state index contributed by atoms with van der Waals surface area (Å²) >= 11 is 5.81.